The molecule has 1 aromatic carbocycles. The van der Waals surface area contributed by atoms with Crippen LogP contribution in [0, 0.1) is 0 Å². The number of nitrogens with zero attached hydrogens (tertiary/aromatic N) is 3. The van der Waals surface area contributed by atoms with E-state index < -0.39 is 0 Å². The Kier molecular flexibility index (Phi) is 5.10. The van der Waals surface area contributed by atoms with Crippen molar-refractivity contribution in [2.75, 3.05) is 25.3 Å². The van der Waals surface area contributed by atoms with Gasteiger partial charge in [-0.2, -0.15) is 0 Å². The van der Waals surface area contributed by atoms with E-state index in [1.54, 1.807) is 20.5 Å². The average Bonchev–Trinajstić information content (AvgIpc) is 3.02. The van der Waals surface area contributed by atoms with E-state index in [9.17, 15) is 0 Å². The molecule has 2 aromatic heterocycles. The van der Waals surface area contributed by atoms with Crippen LogP contribution in [-0.4, -0.2) is 34.5 Å². The Morgan fingerprint density at radius 2 is 2.17 bits per heavy atom. The number of H-pyrrole nitrogens is 1. The Labute approximate surface area is 151 Å². The van der Waals surface area contributed by atoms with Crippen LogP contribution >= 0.6 is 27.7 Å². The molecule has 0 aliphatic rings. The molecule has 0 bridgehead atoms. The highest BCUT2D eigenvalue weighted by atomic mass is 79.9. The fourth-order valence-electron chi connectivity index (χ4n) is 2.25. The normalized spacial score (nSPS) is 11.0. The minimum atomic E-state index is 0.424. The van der Waals surface area contributed by atoms with Crippen LogP contribution in [0.1, 0.15) is 0 Å². The number of anilines is 1. The van der Waals surface area contributed by atoms with Crippen LogP contribution in [0.5, 0.6) is 11.5 Å². The Balaban J connectivity index is 2.02. The molecule has 3 N–H and O–H groups in total. The maximum absolute atomic E-state index is 5.97. The van der Waals surface area contributed by atoms with Crippen molar-refractivity contribution >= 4 is 44.7 Å². The summed E-state index contributed by atoms with van der Waals surface area (Å²) in [6, 6.07) is 5.63. The van der Waals surface area contributed by atoms with Gasteiger partial charge in [0.15, 0.2) is 5.52 Å². The summed E-state index contributed by atoms with van der Waals surface area (Å²) < 4.78 is 12.6. The number of hydrogen-bond acceptors (Lipinski definition) is 6. The van der Waals surface area contributed by atoms with E-state index in [1.807, 2.05) is 22.8 Å². The first-order valence-corrected chi connectivity index (χ1v) is 9.09. The number of nitrogens with two attached hydrogens (primary N) is 1. The van der Waals surface area contributed by atoms with Gasteiger partial charge in [-0.15, -0.1) is 0 Å². The zero-order valence-corrected chi connectivity index (χ0v) is 15.6. The minimum Gasteiger partial charge on any atom is -0.497 e. The summed E-state index contributed by atoms with van der Waals surface area (Å²) in [6.45, 7) is 0.751. The van der Waals surface area contributed by atoms with Crippen molar-refractivity contribution in [2.24, 2.45) is 0 Å². The maximum Gasteiger partial charge on any atom is 0.294 e. The summed E-state index contributed by atoms with van der Waals surface area (Å²) in [7, 11) is 3.27. The second-order valence-corrected chi connectivity index (χ2v) is 6.70. The zero-order chi connectivity index (χ0) is 17.1. The number of alkyl halides is 1. The van der Waals surface area contributed by atoms with Crippen LogP contribution in [-0.2, 0) is 6.54 Å². The molecule has 0 saturated carbocycles. The number of rotatable bonds is 6. The molecular weight excluding hydrogens is 394 g/mol. The van der Waals surface area contributed by atoms with Gasteiger partial charge in [-0.1, -0.05) is 25.9 Å². The molecule has 0 amide bonds. The third kappa shape index (κ3) is 3.27. The molecule has 2 heterocycles. The molecule has 3 aromatic rings. The fourth-order valence-corrected chi connectivity index (χ4v) is 3.55. The molecular formula is C15H17BrN5O2S+. The number of aromatic amines is 1. The van der Waals surface area contributed by atoms with Crippen molar-refractivity contribution in [3.8, 4) is 11.5 Å². The standard InChI is InChI=1S/C15H16BrN5O2S/c1-22-9-3-4-10(23-2)11(7-9)24-15-19-12-13(17)18-8-21(6-5-16)14(12)20-15/h3-4,7-8H,5-6H2,1-2H3,(H2,17,19,20)/p+1. The Hall–Kier alpha value is -2.00. The van der Waals surface area contributed by atoms with E-state index in [1.165, 1.54) is 11.8 Å². The van der Waals surface area contributed by atoms with E-state index >= 15 is 0 Å². The summed E-state index contributed by atoms with van der Waals surface area (Å²) in [5, 5.41) is 1.51. The summed E-state index contributed by atoms with van der Waals surface area (Å²) in [4.78, 5) is 13.0. The number of benzene rings is 1. The first kappa shape index (κ1) is 16.8. The molecule has 0 aliphatic carbocycles. The van der Waals surface area contributed by atoms with Crippen LogP contribution in [0.2, 0.25) is 0 Å². The van der Waals surface area contributed by atoms with Gasteiger partial charge in [0.25, 0.3) is 5.65 Å². The maximum atomic E-state index is 5.97. The number of aryl methyl sites for hydroxylation is 1. The number of hydrogen-bond donors (Lipinski definition) is 2. The van der Waals surface area contributed by atoms with E-state index in [0.29, 0.717) is 11.0 Å². The molecule has 0 aliphatic heterocycles. The number of fused-ring (bicyclic) bond motifs is 1. The van der Waals surface area contributed by atoms with Crippen LogP contribution in [0.3, 0.4) is 0 Å². The van der Waals surface area contributed by atoms with Gasteiger partial charge < -0.3 is 20.2 Å². The topological polar surface area (TPSA) is 89.9 Å². The zero-order valence-electron chi connectivity index (χ0n) is 13.2. The number of aromatic nitrogens is 4. The molecule has 9 heteroatoms. The van der Waals surface area contributed by atoms with Gasteiger partial charge in [0.2, 0.25) is 17.3 Å². The van der Waals surface area contributed by atoms with Gasteiger partial charge in [-0.05, 0) is 30.0 Å². The highest BCUT2D eigenvalue weighted by Crippen LogP contribution is 2.36. The third-order valence-corrected chi connectivity index (χ3v) is 4.71. The second kappa shape index (κ2) is 7.27. The number of imidazole rings is 1. The van der Waals surface area contributed by atoms with Crippen LogP contribution < -0.4 is 19.8 Å². The van der Waals surface area contributed by atoms with Gasteiger partial charge in [-0.25, -0.2) is 4.57 Å². The average molecular weight is 411 g/mol. The monoisotopic (exact) mass is 410 g/mol. The highest BCUT2D eigenvalue weighted by molar-refractivity contribution is 9.09. The molecule has 0 radical (unpaired) electrons. The summed E-state index contributed by atoms with van der Waals surface area (Å²) in [5.74, 6) is 1.93. The predicted molar refractivity (Wildman–Crippen MR) is 96.0 cm³/mol. The number of nitrogen functional groups attached to an aromatic ring is 1. The quantitative estimate of drug-likeness (QED) is 0.478. The molecule has 0 fully saturated rings. The molecule has 3 rings (SSSR count). The lowest BCUT2D eigenvalue weighted by Crippen LogP contribution is -2.36. The second-order valence-electron chi connectivity index (χ2n) is 4.87. The third-order valence-electron chi connectivity index (χ3n) is 3.43. The molecule has 0 atom stereocenters. The lowest BCUT2D eigenvalue weighted by Gasteiger charge is -2.07. The van der Waals surface area contributed by atoms with Gasteiger partial charge in [0.05, 0.1) is 25.7 Å². The smallest absolute Gasteiger partial charge is 0.294 e. The number of ether oxygens (including phenoxy) is 2. The molecule has 24 heavy (non-hydrogen) atoms. The number of halogens is 1. The van der Waals surface area contributed by atoms with Gasteiger partial charge in [0.1, 0.15) is 11.5 Å². The first-order valence-electron chi connectivity index (χ1n) is 7.15. The van der Waals surface area contributed by atoms with E-state index in [4.69, 9.17) is 15.2 Å². The summed E-state index contributed by atoms with van der Waals surface area (Å²) >= 11 is 4.88. The van der Waals surface area contributed by atoms with E-state index in [2.05, 4.69) is 30.9 Å². The lowest BCUT2D eigenvalue weighted by molar-refractivity contribution is -0.671. The van der Waals surface area contributed by atoms with Crippen molar-refractivity contribution in [1.29, 1.82) is 0 Å². The van der Waals surface area contributed by atoms with Crippen LogP contribution in [0.25, 0.3) is 11.2 Å². The summed E-state index contributed by atoms with van der Waals surface area (Å²) in [6.07, 6.45) is 1.69. The van der Waals surface area contributed by atoms with Gasteiger partial charge in [0, 0.05) is 5.33 Å². The van der Waals surface area contributed by atoms with Crippen molar-refractivity contribution in [3.63, 3.8) is 0 Å². The minimum absolute atomic E-state index is 0.424. The molecule has 0 spiro atoms. The largest absolute Gasteiger partial charge is 0.497 e. The Morgan fingerprint density at radius 3 is 2.88 bits per heavy atom. The Bertz CT molecular complexity index is 870. The number of methoxy groups -OCH3 is 2. The molecule has 0 unspecified atom stereocenters. The van der Waals surface area contributed by atoms with E-state index in [-0.39, 0.29) is 0 Å². The fraction of sp³-hybridized carbons (Fsp3) is 0.267. The van der Waals surface area contributed by atoms with Crippen molar-refractivity contribution in [2.45, 2.75) is 16.6 Å². The van der Waals surface area contributed by atoms with E-state index in [0.717, 1.165) is 39.4 Å². The highest BCUT2D eigenvalue weighted by Gasteiger charge is 2.20. The predicted octanol–water partition coefficient (Wildman–Crippen LogP) is 2.39. The van der Waals surface area contributed by atoms with Crippen molar-refractivity contribution in [1.82, 2.24) is 15.0 Å². The van der Waals surface area contributed by atoms with Crippen molar-refractivity contribution < 1.29 is 14.0 Å². The summed E-state index contributed by atoms with van der Waals surface area (Å²) in [5.41, 5.74) is 7.46. The van der Waals surface area contributed by atoms with Crippen LogP contribution in [0.15, 0.2) is 34.6 Å². The SMILES string of the molecule is COc1ccc(OC)c(Sc2nc3c([nH]2)c(N)nc[n+]3CCBr)c1. The molecule has 7 nitrogen and oxygen atoms in total. The first-order chi connectivity index (χ1) is 11.7. The number of nitrogens with one attached hydrogen (secondary N) is 1. The van der Waals surface area contributed by atoms with Crippen molar-refractivity contribution in [3.05, 3.63) is 24.5 Å². The molecule has 126 valence electrons. The molecule has 0 saturated heterocycles. The van der Waals surface area contributed by atoms with Gasteiger partial charge >= 0.3 is 0 Å². The van der Waals surface area contributed by atoms with Gasteiger partial charge in [-0.3, -0.25) is 0 Å². The van der Waals surface area contributed by atoms with Crippen LogP contribution in [0.4, 0.5) is 5.82 Å². The lowest BCUT2D eigenvalue weighted by atomic mass is 10.3. The Morgan fingerprint density at radius 1 is 1.33 bits per heavy atom.